The zero-order valence-corrected chi connectivity index (χ0v) is 17.1. The molecule has 0 radical (unpaired) electrons. The molecule has 1 aromatic carbocycles. The van der Waals surface area contributed by atoms with Gasteiger partial charge in [-0.25, -0.2) is 0 Å². The summed E-state index contributed by atoms with van der Waals surface area (Å²) in [7, 11) is 0. The second-order valence-corrected chi connectivity index (χ2v) is 7.91. The van der Waals surface area contributed by atoms with Gasteiger partial charge in [-0.3, -0.25) is 19.4 Å². The van der Waals surface area contributed by atoms with Gasteiger partial charge >= 0.3 is 0 Å². The Morgan fingerprint density at radius 2 is 2.03 bits per heavy atom. The molecule has 1 fully saturated rings. The monoisotopic (exact) mass is 409 g/mol. The molecule has 2 aliphatic heterocycles. The first-order valence-corrected chi connectivity index (χ1v) is 10.6. The van der Waals surface area contributed by atoms with Crippen molar-refractivity contribution >= 4 is 23.6 Å². The van der Waals surface area contributed by atoms with Crippen molar-refractivity contribution < 1.29 is 9.59 Å². The third-order valence-electron chi connectivity index (χ3n) is 5.94. The first kappa shape index (κ1) is 20.1. The Balaban J connectivity index is 1.60. The molecule has 0 bridgehead atoms. The van der Waals surface area contributed by atoms with Crippen molar-refractivity contribution in [1.82, 2.24) is 15.3 Å². The van der Waals surface area contributed by atoms with E-state index in [4.69, 9.17) is 0 Å². The van der Waals surface area contributed by atoms with Crippen molar-refractivity contribution in [3.63, 3.8) is 0 Å². The third kappa shape index (κ3) is 4.08. The number of anilines is 2. The van der Waals surface area contributed by atoms with E-state index in [1.807, 2.05) is 30.3 Å². The van der Waals surface area contributed by atoms with Gasteiger partial charge in [0, 0.05) is 25.6 Å². The van der Waals surface area contributed by atoms with E-state index in [0.29, 0.717) is 18.5 Å². The summed E-state index contributed by atoms with van der Waals surface area (Å²) in [5.41, 5.74) is 0.814. The summed E-state index contributed by atoms with van der Waals surface area (Å²) >= 11 is 0. The molecule has 8 nitrogen and oxygen atoms in total. The van der Waals surface area contributed by atoms with Crippen LogP contribution in [0.1, 0.15) is 56.1 Å². The number of rotatable bonds is 5. The van der Waals surface area contributed by atoms with E-state index in [1.165, 1.54) is 0 Å². The minimum atomic E-state index is -0.855. The Hall–Kier alpha value is -3.16. The lowest BCUT2D eigenvalue weighted by atomic mass is 9.92. The number of fused-ring (bicyclic) bond motifs is 1. The maximum absolute atomic E-state index is 13.0. The Morgan fingerprint density at radius 1 is 1.23 bits per heavy atom. The summed E-state index contributed by atoms with van der Waals surface area (Å²) in [6.45, 7) is 3.27. The van der Waals surface area contributed by atoms with Crippen LogP contribution in [0.4, 0.5) is 11.8 Å². The van der Waals surface area contributed by atoms with Gasteiger partial charge in [-0.05, 0) is 31.2 Å². The summed E-state index contributed by atoms with van der Waals surface area (Å²) in [5, 5.41) is 5.54. The van der Waals surface area contributed by atoms with E-state index < -0.39 is 5.92 Å². The summed E-state index contributed by atoms with van der Waals surface area (Å²) < 4.78 is 0. The molecule has 8 heteroatoms. The summed E-state index contributed by atoms with van der Waals surface area (Å²) in [4.78, 5) is 47.6. The molecule has 2 atom stereocenters. The molecule has 3 heterocycles. The van der Waals surface area contributed by atoms with Gasteiger partial charge in [0.05, 0.1) is 11.5 Å². The van der Waals surface area contributed by atoms with Crippen molar-refractivity contribution in [3.8, 4) is 0 Å². The Morgan fingerprint density at radius 3 is 2.80 bits per heavy atom. The van der Waals surface area contributed by atoms with Crippen LogP contribution in [0.5, 0.6) is 0 Å². The van der Waals surface area contributed by atoms with Crippen LogP contribution in [0.25, 0.3) is 0 Å². The largest absolute Gasteiger partial charge is 0.351 e. The van der Waals surface area contributed by atoms with Crippen LogP contribution in [0.2, 0.25) is 0 Å². The van der Waals surface area contributed by atoms with Gasteiger partial charge in [-0.2, -0.15) is 4.98 Å². The van der Waals surface area contributed by atoms with Crippen LogP contribution in [0, 0.1) is 0 Å². The van der Waals surface area contributed by atoms with Gasteiger partial charge in [0.2, 0.25) is 17.8 Å². The fourth-order valence-electron chi connectivity index (χ4n) is 4.33. The molecule has 0 spiro atoms. The van der Waals surface area contributed by atoms with Gasteiger partial charge in [0.15, 0.2) is 0 Å². The van der Waals surface area contributed by atoms with Crippen molar-refractivity contribution in [3.05, 3.63) is 51.8 Å². The van der Waals surface area contributed by atoms with Crippen molar-refractivity contribution in [2.24, 2.45) is 0 Å². The molecule has 2 amide bonds. The Bertz CT molecular complexity index is 988. The van der Waals surface area contributed by atoms with E-state index in [-0.39, 0.29) is 35.2 Å². The molecule has 158 valence electrons. The maximum Gasteiger partial charge on any atom is 0.258 e. The van der Waals surface area contributed by atoms with Crippen LogP contribution in [0.3, 0.4) is 0 Å². The predicted octanol–water partition coefficient (Wildman–Crippen LogP) is 2.28. The number of carbonyl (C=O) groups excluding carboxylic acids is 2. The second-order valence-electron chi connectivity index (χ2n) is 7.91. The number of nitrogens with one attached hydrogen (secondary N) is 3. The average Bonchev–Trinajstić information content (AvgIpc) is 2.77. The Kier molecular flexibility index (Phi) is 5.83. The van der Waals surface area contributed by atoms with Crippen molar-refractivity contribution in [2.45, 2.75) is 57.5 Å². The van der Waals surface area contributed by atoms with E-state index >= 15 is 0 Å². The normalized spacial score (nSPS) is 21.0. The molecule has 1 saturated heterocycles. The highest BCUT2D eigenvalue weighted by molar-refractivity contribution is 6.00. The summed E-state index contributed by atoms with van der Waals surface area (Å²) in [5.74, 6) is -0.844. The number of nitrogens with zero attached hydrogens (tertiary/aromatic N) is 2. The minimum Gasteiger partial charge on any atom is -0.351 e. The third-order valence-corrected chi connectivity index (χ3v) is 5.94. The molecule has 3 N–H and O–H groups in total. The molecule has 2 aliphatic rings. The Labute approximate surface area is 175 Å². The van der Waals surface area contributed by atoms with Crippen LogP contribution in [-0.2, 0) is 16.1 Å². The molecule has 1 aromatic heterocycles. The van der Waals surface area contributed by atoms with Crippen LogP contribution >= 0.6 is 0 Å². The summed E-state index contributed by atoms with van der Waals surface area (Å²) in [6.07, 6.45) is 4.13. The molecule has 0 saturated carbocycles. The molecule has 2 aromatic rings. The fraction of sp³-hybridized carbons (Fsp3) is 0.455. The van der Waals surface area contributed by atoms with Gasteiger partial charge in [-0.15, -0.1) is 0 Å². The highest BCUT2D eigenvalue weighted by Gasteiger charge is 2.35. The maximum atomic E-state index is 13.0. The number of hydrogen-bond acceptors (Lipinski definition) is 5. The van der Waals surface area contributed by atoms with E-state index in [0.717, 1.165) is 37.8 Å². The number of amides is 2. The zero-order valence-electron chi connectivity index (χ0n) is 17.1. The predicted molar refractivity (Wildman–Crippen MR) is 114 cm³/mol. The molecule has 0 aliphatic carbocycles. The lowest BCUT2D eigenvalue weighted by Crippen LogP contribution is -2.43. The molecular weight excluding hydrogens is 382 g/mol. The first-order chi connectivity index (χ1) is 14.6. The number of hydrogen-bond donors (Lipinski definition) is 3. The number of aromatic nitrogens is 2. The quantitative estimate of drug-likeness (QED) is 0.702. The standard InChI is InChI=1S/C22H27N5O3/c1-2-15-10-6-7-11-27(15)22-25-19-18(21(30)26-22)16(12-17(28)24-19)20(29)23-13-14-8-4-3-5-9-14/h3-5,8-9,15-16H,2,6-7,10-13H2,1H3,(H,23,29)(H2,24,25,26,28,30)/t15-,16-/m0/s1. The second kappa shape index (κ2) is 8.69. The zero-order chi connectivity index (χ0) is 21.1. The van der Waals surface area contributed by atoms with E-state index in [1.54, 1.807) is 0 Å². The highest BCUT2D eigenvalue weighted by atomic mass is 16.2. The van der Waals surface area contributed by atoms with Crippen LogP contribution < -0.4 is 21.1 Å². The van der Waals surface area contributed by atoms with Crippen molar-refractivity contribution in [1.29, 1.82) is 0 Å². The smallest absolute Gasteiger partial charge is 0.258 e. The summed E-state index contributed by atoms with van der Waals surface area (Å²) in [6, 6.07) is 9.82. The molecule has 0 unspecified atom stereocenters. The number of piperidine rings is 1. The van der Waals surface area contributed by atoms with Gasteiger partial charge in [0.1, 0.15) is 5.82 Å². The topological polar surface area (TPSA) is 107 Å². The number of aromatic amines is 1. The van der Waals surface area contributed by atoms with Crippen molar-refractivity contribution in [2.75, 3.05) is 16.8 Å². The van der Waals surface area contributed by atoms with E-state index in [2.05, 4.69) is 32.4 Å². The lowest BCUT2D eigenvalue weighted by molar-refractivity contribution is -0.126. The van der Waals surface area contributed by atoms with Crippen LogP contribution in [-0.4, -0.2) is 34.4 Å². The fourth-order valence-corrected chi connectivity index (χ4v) is 4.33. The van der Waals surface area contributed by atoms with E-state index in [9.17, 15) is 14.4 Å². The molecule has 4 rings (SSSR count). The minimum absolute atomic E-state index is 0.0704. The highest BCUT2D eigenvalue weighted by Crippen LogP contribution is 2.31. The lowest BCUT2D eigenvalue weighted by Gasteiger charge is -2.36. The SMILES string of the molecule is CC[C@H]1CCCCN1c1nc2c(c(=O)[nH]1)[C@@H](C(=O)NCc1ccccc1)CC(=O)N2. The average molecular weight is 409 g/mol. The van der Waals surface area contributed by atoms with Gasteiger partial charge < -0.3 is 15.5 Å². The number of carbonyl (C=O) groups is 2. The molecular formula is C22H27N5O3. The first-order valence-electron chi connectivity index (χ1n) is 10.6. The van der Waals surface area contributed by atoms with Gasteiger partial charge in [0.25, 0.3) is 5.56 Å². The number of benzene rings is 1. The number of H-pyrrole nitrogens is 1. The van der Waals surface area contributed by atoms with Crippen LogP contribution in [0.15, 0.2) is 35.1 Å². The van der Waals surface area contributed by atoms with Gasteiger partial charge in [-0.1, -0.05) is 37.3 Å². The molecule has 30 heavy (non-hydrogen) atoms.